The van der Waals surface area contributed by atoms with Crippen LogP contribution < -0.4 is 20.7 Å². The summed E-state index contributed by atoms with van der Waals surface area (Å²) in [6.07, 6.45) is 0.531. The fraction of sp³-hybridized carbons (Fsp3) is 0.300. The Morgan fingerprint density at radius 3 is 2.56 bits per heavy atom. The fourth-order valence-electron chi connectivity index (χ4n) is 3.09. The number of anilines is 1. The van der Waals surface area contributed by atoms with E-state index in [4.69, 9.17) is 10.5 Å². The average Bonchev–Trinajstić information content (AvgIpc) is 3.02. The first-order valence-electron chi connectivity index (χ1n) is 8.58. The molecule has 0 radical (unpaired) electrons. The van der Waals surface area contributed by atoms with Gasteiger partial charge in [-0.15, -0.1) is 12.4 Å². The number of amides is 2. The van der Waals surface area contributed by atoms with Gasteiger partial charge in [-0.2, -0.15) is 0 Å². The van der Waals surface area contributed by atoms with Crippen molar-refractivity contribution < 1.29 is 14.3 Å². The van der Waals surface area contributed by atoms with Gasteiger partial charge in [-0.05, 0) is 31.0 Å². The first-order chi connectivity index (χ1) is 12.5. The second-order valence-electron chi connectivity index (χ2n) is 6.40. The quantitative estimate of drug-likeness (QED) is 0.822. The Labute approximate surface area is 165 Å². The molecule has 27 heavy (non-hydrogen) atoms. The van der Waals surface area contributed by atoms with Crippen LogP contribution in [0.15, 0.2) is 48.5 Å². The number of ether oxygens (including phenoxy) is 1. The predicted octanol–water partition coefficient (Wildman–Crippen LogP) is 2.35. The number of nitrogens with two attached hydrogens (primary N) is 1. The molecule has 1 fully saturated rings. The first kappa shape index (κ1) is 20.7. The molecule has 7 heteroatoms. The van der Waals surface area contributed by atoms with E-state index in [0.29, 0.717) is 24.4 Å². The van der Waals surface area contributed by atoms with Gasteiger partial charge in [0.2, 0.25) is 11.8 Å². The number of rotatable bonds is 5. The highest BCUT2D eigenvalue weighted by molar-refractivity contribution is 6.02. The first-order valence-corrected chi connectivity index (χ1v) is 8.58. The Bertz CT molecular complexity index is 810. The van der Waals surface area contributed by atoms with Gasteiger partial charge in [0.25, 0.3) is 0 Å². The summed E-state index contributed by atoms with van der Waals surface area (Å²) in [7, 11) is 1.57. The van der Waals surface area contributed by atoms with Crippen molar-refractivity contribution in [2.45, 2.75) is 25.4 Å². The van der Waals surface area contributed by atoms with Crippen molar-refractivity contribution in [3.8, 4) is 5.75 Å². The van der Waals surface area contributed by atoms with E-state index in [0.717, 1.165) is 11.1 Å². The zero-order chi connectivity index (χ0) is 18.7. The third-order valence-electron chi connectivity index (χ3n) is 4.62. The third-order valence-corrected chi connectivity index (χ3v) is 4.62. The van der Waals surface area contributed by atoms with Gasteiger partial charge >= 0.3 is 0 Å². The minimum absolute atomic E-state index is 0. The van der Waals surface area contributed by atoms with Crippen molar-refractivity contribution in [3.63, 3.8) is 0 Å². The molecule has 3 N–H and O–H groups in total. The molecule has 0 saturated carbocycles. The van der Waals surface area contributed by atoms with E-state index in [9.17, 15) is 9.59 Å². The summed E-state index contributed by atoms with van der Waals surface area (Å²) in [6, 6.07) is 13.4. The Hall–Kier alpha value is -2.57. The molecule has 2 amide bonds. The van der Waals surface area contributed by atoms with Crippen molar-refractivity contribution >= 4 is 29.9 Å². The van der Waals surface area contributed by atoms with Crippen LogP contribution in [0, 0.1) is 6.92 Å². The number of nitrogens with one attached hydrogen (secondary N) is 1. The molecular formula is C20H24ClN3O3. The number of halogens is 1. The smallest absolute Gasteiger partial charge is 0.249 e. The molecule has 1 aliphatic heterocycles. The molecule has 1 heterocycles. The molecule has 2 atom stereocenters. The maximum Gasteiger partial charge on any atom is 0.249 e. The number of aryl methyl sites for hydroxylation is 1. The second-order valence-corrected chi connectivity index (χ2v) is 6.40. The van der Waals surface area contributed by atoms with Crippen molar-refractivity contribution in [2.75, 3.05) is 18.6 Å². The molecule has 3 rings (SSSR count). The van der Waals surface area contributed by atoms with Gasteiger partial charge in [-0.3, -0.25) is 9.59 Å². The number of para-hydroxylation sites is 2. The topological polar surface area (TPSA) is 84.7 Å². The molecule has 144 valence electrons. The van der Waals surface area contributed by atoms with E-state index >= 15 is 0 Å². The number of methoxy groups -OCH3 is 1. The minimum atomic E-state index is -0.802. The van der Waals surface area contributed by atoms with E-state index in [1.165, 1.54) is 0 Å². The number of hydrogen-bond acceptors (Lipinski definition) is 4. The summed E-state index contributed by atoms with van der Waals surface area (Å²) in [5.74, 6) is 0.122. The predicted molar refractivity (Wildman–Crippen MR) is 107 cm³/mol. The molecule has 0 spiro atoms. The highest BCUT2D eigenvalue weighted by atomic mass is 35.5. The van der Waals surface area contributed by atoms with Crippen LogP contribution in [0.25, 0.3) is 0 Å². The number of hydrogen-bond donors (Lipinski definition) is 2. The minimum Gasteiger partial charge on any atom is -0.495 e. The largest absolute Gasteiger partial charge is 0.495 e. The molecule has 1 saturated heterocycles. The van der Waals surface area contributed by atoms with Crippen molar-refractivity contribution in [2.24, 2.45) is 5.73 Å². The van der Waals surface area contributed by atoms with Crippen LogP contribution in [-0.4, -0.2) is 31.5 Å². The lowest BCUT2D eigenvalue weighted by atomic mass is 10.0. The zero-order valence-electron chi connectivity index (χ0n) is 15.3. The highest BCUT2D eigenvalue weighted by Gasteiger charge is 2.35. The van der Waals surface area contributed by atoms with Gasteiger partial charge in [0.1, 0.15) is 17.8 Å². The van der Waals surface area contributed by atoms with Crippen LogP contribution in [0.5, 0.6) is 5.75 Å². The number of carbonyl (C=O) groups excluding carboxylic acids is 2. The van der Waals surface area contributed by atoms with Crippen LogP contribution in [0.2, 0.25) is 0 Å². The summed E-state index contributed by atoms with van der Waals surface area (Å²) in [5, 5.41) is 2.78. The van der Waals surface area contributed by atoms with Gasteiger partial charge in [-0.25, -0.2) is 0 Å². The van der Waals surface area contributed by atoms with Crippen LogP contribution >= 0.6 is 12.4 Å². The number of carbonyl (C=O) groups is 2. The molecule has 1 aliphatic rings. The monoisotopic (exact) mass is 389 g/mol. The van der Waals surface area contributed by atoms with E-state index in [2.05, 4.69) is 5.32 Å². The van der Waals surface area contributed by atoms with Crippen molar-refractivity contribution in [3.05, 3.63) is 59.7 Å². The second kappa shape index (κ2) is 8.88. The standard InChI is InChI=1S/C20H23N3O3.ClH/c1-13-7-9-14(10-8-13)18(21)19(24)22-15-11-12-23(20(15)25)16-5-3-4-6-17(16)26-2;/h3-10,15,18H,11-12,21H2,1-2H3,(H,22,24);1H. The molecule has 6 nitrogen and oxygen atoms in total. The lowest BCUT2D eigenvalue weighted by molar-refractivity contribution is -0.127. The molecule has 0 aliphatic carbocycles. The molecule has 0 bridgehead atoms. The lowest BCUT2D eigenvalue weighted by Crippen LogP contribution is -2.45. The number of benzene rings is 2. The van der Waals surface area contributed by atoms with Crippen molar-refractivity contribution in [1.29, 1.82) is 0 Å². The SMILES string of the molecule is COc1ccccc1N1CCC(NC(=O)C(N)c2ccc(C)cc2)C1=O.Cl. The van der Waals surface area contributed by atoms with E-state index < -0.39 is 12.1 Å². The van der Waals surface area contributed by atoms with Crippen molar-refractivity contribution in [1.82, 2.24) is 5.32 Å². The Morgan fingerprint density at radius 2 is 1.89 bits per heavy atom. The lowest BCUT2D eigenvalue weighted by Gasteiger charge is -2.20. The highest BCUT2D eigenvalue weighted by Crippen LogP contribution is 2.31. The van der Waals surface area contributed by atoms with Crippen LogP contribution in [0.4, 0.5) is 5.69 Å². The Morgan fingerprint density at radius 1 is 1.22 bits per heavy atom. The van der Waals surface area contributed by atoms with E-state index in [1.54, 1.807) is 12.0 Å². The molecule has 2 aromatic carbocycles. The van der Waals surface area contributed by atoms with Gasteiger partial charge in [-0.1, -0.05) is 42.0 Å². The molecule has 0 aromatic heterocycles. The van der Waals surface area contributed by atoms with Gasteiger partial charge in [0.15, 0.2) is 0 Å². The Kier molecular flexibility index (Phi) is 6.82. The van der Waals surface area contributed by atoms with Gasteiger partial charge in [0, 0.05) is 6.54 Å². The molecule has 2 aromatic rings. The molecule has 2 unspecified atom stereocenters. The molecular weight excluding hydrogens is 366 g/mol. The summed E-state index contributed by atoms with van der Waals surface area (Å²) >= 11 is 0. The van der Waals surface area contributed by atoms with E-state index in [1.807, 2.05) is 55.5 Å². The van der Waals surface area contributed by atoms with Gasteiger partial charge < -0.3 is 20.7 Å². The summed E-state index contributed by atoms with van der Waals surface area (Å²) in [6.45, 7) is 2.49. The maximum atomic E-state index is 12.7. The normalized spacial score (nSPS) is 17.2. The van der Waals surface area contributed by atoms with E-state index in [-0.39, 0.29) is 24.2 Å². The zero-order valence-corrected chi connectivity index (χ0v) is 16.2. The van der Waals surface area contributed by atoms with Crippen LogP contribution in [0.3, 0.4) is 0 Å². The third kappa shape index (κ3) is 4.40. The summed E-state index contributed by atoms with van der Waals surface area (Å²) in [4.78, 5) is 26.8. The number of nitrogens with zero attached hydrogens (tertiary/aromatic N) is 1. The maximum absolute atomic E-state index is 12.7. The van der Waals surface area contributed by atoms with Gasteiger partial charge in [0.05, 0.1) is 12.8 Å². The fourth-order valence-corrected chi connectivity index (χ4v) is 3.09. The summed E-state index contributed by atoms with van der Waals surface area (Å²) in [5.41, 5.74) is 8.57. The Balaban J connectivity index is 0.00000261. The average molecular weight is 390 g/mol. The van der Waals surface area contributed by atoms with Crippen LogP contribution in [0.1, 0.15) is 23.6 Å². The van der Waals surface area contributed by atoms with Crippen LogP contribution in [-0.2, 0) is 9.59 Å². The summed E-state index contributed by atoms with van der Waals surface area (Å²) < 4.78 is 5.33.